The molecule has 4 heteroatoms. The van der Waals surface area contributed by atoms with Gasteiger partial charge in [-0.2, -0.15) is 0 Å². The number of hydrogen-bond acceptors (Lipinski definition) is 2. The van der Waals surface area contributed by atoms with E-state index in [0.29, 0.717) is 12.1 Å². The molecule has 1 aromatic rings. The van der Waals surface area contributed by atoms with Crippen molar-refractivity contribution in [2.75, 3.05) is 0 Å². The Balaban J connectivity index is 1.84. The molecule has 1 aliphatic carbocycles. The summed E-state index contributed by atoms with van der Waals surface area (Å²) in [7, 11) is 0. The van der Waals surface area contributed by atoms with E-state index in [0.717, 1.165) is 31.2 Å². The van der Waals surface area contributed by atoms with E-state index in [4.69, 9.17) is 0 Å². The van der Waals surface area contributed by atoms with E-state index in [1.807, 2.05) is 38.1 Å². The van der Waals surface area contributed by atoms with Crippen LogP contribution in [0.15, 0.2) is 36.4 Å². The average Bonchev–Trinajstić information content (AvgIpc) is 2.60. The zero-order valence-corrected chi connectivity index (χ0v) is 14.0. The van der Waals surface area contributed by atoms with E-state index in [2.05, 4.69) is 22.8 Å². The molecule has 2 amide bonds. The topological polar surface area (TPSA) is 58.2 Å². The number of nitrogens with one attached hydrogen (secondary N) is 2. The highest BCUT2D eigenvalue weighted by Crippen LogP contribution is 2.18. The lowest BCUT2D eigenvalue weighted by Crippen LogP contribution is -2.32. The summed E-state index contributed by atoms with van der Waals surface area (Å²) in [6, 6.07) is 7.58. The lowest BCUT2D eigenvalue weighted by Gasteiger charge is -2.17. The first kappa shape index (κ1) is 17.3. The molecule has 0 bridgehead atoms. The lowest BCUT2D eigenvalue weighted by molar-refractivity contribution is -0.125. The Bertz CT molecular complexity index is 563. The SMILES string of the molecule is CC[C@@H](C)NC(=O)c1ccc(CNC(=O)[C@H]2CC=CCC2)cc1. The fourth-order valence-electron chi connectivity index (χ4n) is 2.55. The molecule has 0 spiro atoms. The summed E-state index contributed by atoms with van der Waals surface area (Å²) in [5.41, 5.74) is 1.66. The first-order valence-corrected chi connectivity index (χ1v) is 8.42. The molecule has 4 nitrogen and oxygen atoms in total. The quantitative estimate of drug-likeness (QED) is 0.792. The zero-order chi connectivity index (χ0) is 16.7. The van der Waals surface area contributed by atoms with Gasteiger partial charge in [0.2, 0.25) is 5.91 Å². The Kier molecular flexibility index (Phi) is 6.39. The van der Waals surface area contributed by atoms with Crippen LogP contribution in [0.25, 0.3) is 0 Å². The fraction of sp³-hybridized carbons (Fsp3) is 0.474. The minimum atomic E-state index is -0.0519. The van der Waals surface area contributed by atoms with Crippen molar-refractivity contribution in [3.05, 3.63) is 47.5 Å². The van der Waals surface area contributed by atoms with Gasteiger partial charge in [0.15, 0.2) is 0 Å². The number of amides is 2. The molecule has 0 saturated heterocycles. The van der Waals surface area contributed by atoms with Gasteiger partial charge in [-0.05, 0) is 50.3 Å². The molecule has 0 fully saturated rings. The Hall–Kier alpha value is -2.10. The van der Waals surface area contributed by atoms with Gasteiger partial charge in [0.1, 0.15) is 0 Å². The van der Waals surface area contributed by atoms with E-state index >= 15 is 0 Å². The van der Waals surface area contributed by atoms with Gasteiger partial charge in [0, 0.05) is 24.1 Å². The van der Waals surface area contributed by atoms with Crippen molar-refractivity contribution in [2.45, 2.75) is 52.1 Å². The van der Waals surface area contributed by atoms with Crippen LogP contribution in [0.4, 0.5) is 0 Å². The molecule has 2 rings (SSSR count). The third kappa shape index (κ3) is 5.23. The first-order chi connectivity index (χ1) is 11.1. The summed E-state index contributed by atoms with van der Waals surface area (Å²) in [6.07, 6.45) is 7.87. The van der Waals surface area contributed by atoms with E-state index in [-0.39, 0.29) is 23.8 Å². The molecular weight excluding hydrogens is 288 g/mol. The van der Waals surface area contributed by atoms with Gasteiger partial charge >= 0.3 is 0 Å². The summed E-state index contributed by atoms with van der Waals surface area (Å²) in [5.74, 6) is 0.164. The van der Waals surface area contributed by atoms with Crippen molar-refractivity contribution in [3.8, 4) is 0 Å². The summed E-state index contributed by atoms with van der Waals surface area (Å²) >= 11 is 0. The molecular formula is C19H26N2O2. The second-order valence-corrected chi connectivity index (χ2v) is 6.18. The summed E-state index contributed by atoms with van der Waals surface area (Å²) < 4.78 is 0. The van der Waals surface area contributed by atoms with E-state index < -0.39 is 0 Å². The third-order valence-corrected chi connectivity index (χ3v) is 4.31. The smallest absolute Gasteiger partial charge is 0.251 e. The number of allylic oxidation sites excluding steroid dienone is 2. The van der Waals surface area contributed by atoms with Crippen LogP contribution >= 0.6 is 0 Å². The molecule has 0 radical (unpaired) electrons. The predicted molar refractivity (Wildman–Crippen MR) is 92.0 cm³/mol. The van der Waals surface area contributed by atoms with Crippen LogP contribution in [0.5, 0.6) is 0 Å². The van der Waals surface area contributed by atoms with Gasteiger partial charge in [0.25, 0.3) is 5.91 Å². The maximum atomic E-state index is 12.1. The predicted octanol–water partition coefficient (Wildman–Crippen LogP) is 3.19. The van der Waals surface area contributed by atoms with Crippen molar-refractivity contribution in [1.82, 2.24) is 10.6 Å². The van der Waals surface area contributed by atoms with Gasteiger partial charge in [-0.3, -0.25) is 9.59 Å². The van der Waals surface area contributed by atoms with Crippen molar-refractivity contribution < 1.29 is 9.59 Å². The Morgan fingerprint density at radius 1 is 1.22 bits per heavy atom. The second kappa shape index (κ2) is 8.51. The summed E-state index contributed by atoms with van der Waals surface area (Å²) in [4.78, 5) is 24.1. The van der Waals surface area contributed by atoms with Crippen molar-refractivity contribution >= 4 is 11.8 Å². The Morgan fingerprint density at radius 2 is 1.96 bits per heavy atom. The normalized spacial score (nSPS) is 18.3. The average molecular weight is 314 g/mol. The number of carbonyl (C=O) groups excluding carboxylic acids is 2. The number of hydrogen-bond donors (Lipinski definition) is 2. The highest BCUT2D eigenvalue weighted by molar-refractivity contribution is 5.94. The van der Waals surface area contributed by atoms with Crippen LogP contribution in [0.3, 0.4) is 0 Å². The molecule has 1 aromatic carbocycles. The molecule has 0 saturated carbocycles. The van der Waals surface area contributed by atoms with Crippen molar-refractivity contribution in [2.24, 2.45) is 5.92 Å². The maximum absolute atomic E-state index is 12.1. The van der Waals surface area contributed by atoms with Crippen LogP contribution in [0, 0.1) is 5.92 Å². The molecule has 0 unspecified atom stereocenters. The second-order valence-electron chi connectivity index (χ2n) is 6.18. The van der Waals surface area contributed by atoms with E-state index in [1.165, 1.54) is 0 Å². The lowest BCUT2D eigenvalue weighted by atomic mass is 9.93. The molecule has 23 heavy (non-hydrogen) atoms. The van der Waals surface area contributed by atoms with Gasteiger partial charge in [-0.25, -0.2) is 0 Å². The van der Waals surface area contributed by atoms with Gasteiger partial charge in [-0.15, -0.1) is 0 Å². The summed E-state index contributed by atoms with van der Waals surface area (Å²) in [6.45, 7) is 4.54. The van der Waals surface area contributed by atoms with E-state index in [9.17, 15) is 9.59 Å². The molecule has 1 aliphatic rings. The Labute approximate surface area is 138 Å². The first-order valence-electron chi connectivity index (χ1n) is 8.42. The van der Waals surface area contributed by atoms with Gasteiger partial charge < -0.3 is 10.6 Å². The van der Waals surface area contributed by atoms with Crippen molar-refractivity contribution in [3.63, 3.8) is 0 Å². The Morgan fingerprint density at radius 3 is 2.57 bits per heavy atom. The fourth-order valence-corrected chi connectivity index (χ4v) is 2.55. The van der Waals surface area contributed by atoms with Crippen LogP contribution in [-0.4, -0.2) is 17.9 Å². The van der Waals surface area contributed by atoms with Crippen LogP contribution in [-0.2, 0) is 11.3 Å². The number of rotatable bonds is 6. The summed E-state index contributed by atoms with van der Waals surface area (Å²) in [5, 5.41) is 5.93. The minimum Gasteiger partial charge on any atom is -0.352 e. The number of benzene rings is 1. The molecule has 2 atom stereocenters. The van der Waals surface area contributed by atoms with Gasteiger partial charge in [0.05, 0.1) is 0 Å². The monoisotopic (exact) mass is 314 g/mol. The third-order valence-electron chi connectivity index (χ3n) is 4.31. The standard InChI is InChI=1S/C19H26N2O2/c1-3-14(2)21-19(23)17-11-9-15(10-12-17)13-20-18(22)16-7-5-4-6-8-16/h4-5,9-12,14,16H,3,6-8,13H2,1-2H3,(H,20,22)(H,21,23)/t14-,16+/m1/s1. The molecule has 2 N–H and O–H groups in total. The maximum Gasteiger partial charge on any atom is 0.251 e. The molecule has 0 aliphatic heterocycles. The van der Waals surface area contributed by atoms with E-state index in [1.54, 1.807) is 0 Å². The number of carbonyl (C=O) groups is 2. The van der Waals surface area contributed by atoms with Crippen LogP contribution in [0.2, 0.25) is 0 Å². The molecule has 0 aromatic heterocycles. The molecule has 0 heterocycles. The van der Waals surface area contributed by atoms with Crippen LogP contribution in [0.1, 0.15) is 55.5 Å². The molecule has 124 valence electrons. The van der Waals surface area contributed by atoms with Gasteiger partial charge in [-0.1, -0.05) is 31.2 Å². The highest BCUT2D eigenvalue weighted by Gasteiger charge is 2.18. The van der Waals surface area contributed by atoms with Crippen molar-refractivity contribution in [1.29, 1.82) is 0 Å². The zero-order valence-electron chi connectivity index (χ0n) is 14.0. The largest absolute Gasteiger partial charge is 0.352 e. The van der Waals surface area contributed by atoms with Crippen LogP contribution < -0.4 is 10.6 Å². The highest BCUT2D eigenvalue weighted by atomic mass is 16.2. The minimum absolute atomic E-state index is 0.0519.